The molecule has 0 N–H and O–H groups in total. The van der Waals surface area contributed by atoms with Crippen LogP contribution < -0.4 is 4.90 Å². The van der Waals surface area contributed by atoms with Gasteiger partial charge in [-0.2, -0.15) is 0 Å². The molecule has 1 aromatic carbocycles. The molecule has 98 valence electrons. The first-order chi connectivity index (χ1) is 8.35. The third kappa shape index (κ3) is 1.83. The molecule has 0 spiro atoms. The number of aromatic nitrogens is 2. The van der Waals surface area contributed by atoms with E-state index in [1.807, 2.05) is 19.0 Å². The maximum atomic E-state index is 12.1. The number of benzene rings is 1. The van der Waals surface area contributed by atoms with Crippen molar-refractivity contribution in [2.45, 2.75) is 4.90 Å². The second kappa shape index (κ2) is 4.21. The van der Waals surface area contributed by atoms with Crippen LogP contribution in [0.25, 0.3) is 11.0 Å². The molecule has 0 aliphatic heterocycles. The highest BCUT2D eigenvalue weighted by Crippen LogP contribution is 2.29. The minimum absolute atomic E-state index is 0.0920. The molecule has 18 heavy (non-hydrogen) atoms. The van der Waals surface area contributed by atoms with Gasteiger partial charge in [0.1, 0.15) is 4.90 Å². The zero-order chi connectivity index (χ0) is 13.5. The normalized spacial score (nSPS) is 12.3. The second-order valence-corrected chi connectivity index (χ2v) is 6.35. The molecule has 0 saturated heterocycles. The van der Waals surface area contributed by atoms with Gasteiger partial charge in [0.15, 0.2) is 11.0 Å². The molecule has 0 bridgehead atoms. The highest BCUT2D eigenvalue weighted by Gasteiger charge is 2.24. The van der Waals surface area contributed by atoms with Crippen LogP contribution in [0.4, 0.5) is 5.69 Å². The molecule has 0 amide bonds. The van der Waals surface area contributed by atoms with Crippen molar-refractivity contribution in [2.24, 2.45) is 0 Å². The van der Waals surface area contributed by atoms with Gasteiger partial charge < -0.3 is 4.90 Å². The quantitative estimate of drug-likeness (QED) is 0.810. The molecule has 0 unspecified atom stereocenters. The van der Waals surface area contributed by atoms with Crippen LogP contribution in [-0.4, -0.2) is 51.2 Å². The molecule has 0 saturated carbocycles. The fourth-order valence-corrected chi connectivity index (χ4v) is 2.61. The van der Waals surface area contributed by atoms with E-state index in [0.29, 0.717) is 5.52 Å². The number of fused-ring (bicyclic) bond motifs is 1. The van der Waals surface area contributed by atoms with Crippen LogP contribution in [0.2, 0.25) is 0 Å². The van der Waals surface area contributed by atoms with Gasteiger partial charge in [0.25, 0.3) is 0 Å². The monoisotopic (exact) mass is 270 g/mol. The van der Waals surface area contributed by atoms with Crippen LogP contribution >= 0.6 is 0 Å². The van der Waals surface area contributed by atoms with Crippen molar-refractivity contribution in [1.82, 2.24) is 14.6 Å². The average molecular weight is 270 g/mol. The van der Waals surface area contributed by atoms with E-state index in [9.17, 15) is 8.42 Å². The zero-order valence-corrected chi connectivity index (χ0v) is 11.4. The van der Waals surface area contributed by atoms with Crippen LogP contribution in [0, 0.1) is 0 Å². The van der Waals surface area contributed by atoms with E-state index >= 15 is 0 Å². The van der Waals surface area contributed by atoms with Gasteiger partial charge in [-0.15, -0.1) is 0 Å². The van der Waals surface area contributed by atoms with E-state index in [-0.39, 0.29) is 10.4 Å². The summed E-state index contributed by atoms with van der Waals surface area (Å²) >= 11 is 0. The van der Waals surface area contributed by atoms with E-state index in [2.05, 4.69) is 14.9 Å². The fraction of sp³-hybridized carbons (Fsp3) is 0.400. The first-order valence-corrected chi connectivity index (χ1v) is 6.65. The Morgan fingerprint density at radius 2 is 1.67 bits per heavy atom. The Hall–Kier alpha value is -1.67. The van der Waals surface area contributed by atoms with Gasteiger partial charge >= 0.3 is 0 Å². The number of rotatable bonds is 3. The van der Waals surface area contributed by atoms with E-state index < -0.39 is 10.0 Å². The Bertz CT molecular complexity index is 675. The molecule has 7 nitrogen and oxygen atoms in total. The molecule has 0 atom stereocenters. The Morgan fingerprint density at radius 3 is 2.22 bits per heavy atom. The number of hydrogen-bond donors (Lipinski definition) is 0. The molecular weight excluding hydrogens is 256 g/mol. The van der Waals surface area contributed by atoms with E-state index in [1.54, 1.807) is 6.07 Å². The summed E-state index contributed by atoms with van der Waals surface area (Å²) < 4.78 is 30.0. The third-order valence-corrected chi connectivity index (χ3v) is 4.44. The van der Waals surface area contributed by atoms with Crippen LogP contribution in [0.1, 0.15) is 0 Å². The lowest BCUT2D eigenvalue weighted by molar-refractivity contribution is 0.315. The molecule has 1 heterocycles. The molecule has 0 aliphatic rings. The molecular formula is C10H14N4O3S. The number of anilines is 1. The Labute approximate surface area is 105 Å². The minimum atomic E-state index is -3.56. The van der Waals surface area contributed by atoms with Crippen molar-refractivity contribution >= 4 is 26.7 Å². The fourth-order valence-electron chi connectivity index (χ4n) is 1.60. The number of sulfonamides is 1. The Kier molecular flexibility index (Phi) is 2.99. The van der Waals surface area contributed by atoms with Crippen LogP contribution in [0.5, 0.6) is 0 Å². The molecule has 8 heteroatoms. The summed E-state index contributed by atoms with van der Waals surface area (Å²) in [5.74, 6) is 0. The maximum Gasteiger partial charge on any atom is 0.244 e. The lowest BCUT2D eigenvalue weighted by atomic mass is 10.2. The summed E-state index contributed by atoms with van der Waals surface area (Å²) in [5, 5.41) is 7.45. The highest BCUT2D eigenvalue weighted by atomic mass is 32.2. The zero-order valence-electron chi connectivity index (χ0n) is 10.6. The molecule has 2 rings (SSSR count). The van der Waals surface area contributed by atoms with Crippen LogP contribution in [0.15, 0.2) is 21.7 Å². The molecule has 0 radical (unpaired) electrons. The summed E-state index contributed by atoms with van der Waals surface area (Å²) in [4.78, 5) is 1.91. The van der Waals surface area contributed by atoms with Gasteiger partial charge in [0, 0.05) is 28.2 Å². The van der Waals surface area contributed by atoms with Gasteiger partial charge in [0.2, 0.25) is 10.0 Å². The van der Waals surface area contributed by atoms with Crippen molar-refractivity contribution in [3.63, 3.8) is 0 Å². The van der Waals surface area contributed by atoms with Crippen molar-refractivity contribution in [2.75, 3.05) is 33.1 Å². The van der Waals surface area contributed by atoms with Crippen LogP contribution in [-0.2, 0) is 10.0 Å². The van der Waals surface area contributed by atoms with Crippen molar-refractivity contribution in [3.05, 3.63) is 12.1 Å². The highest BCUT2D eigenvalue weighted by molar-refractivity contribution is 7.89. The van der Waals surface area contributed by atoms with Crippen molar-refractivity contribution < 1.29 is 13.0 Å². The molecule has 1 aromatic heterocycles. The smallest absolute Gasteiger partial charge is 0.244 e. The van der Waals surface area contributed by atoms with Crippen molar-refractivity contribution in [3.8, 4) is 0 Å². The molecule has 0 fully saturated rings. The van der Waals surface area contributed by atoms with E-state index in [1.165, 1.54) is 20.2 Å². The topological polar surface area (TPSA) is 79.5 Å². The summed E-state index contributed by atoms with van der Waals surface area (Å²) in [5.41, 5.74) is 1.43. The lowest BCUT2D eigenvalue weighted by Gasteiger charge is -2.15. The lowest BCUT2D eigenvalue weighted by Crippen LogP contribution is -2.22. The first-order valence-electron chi connectivity index (χ1n) is 5.21. The maximum absolute atomic E-state index is 12.1. The third-order valence-electron chi connectivity index (χ3n) is 2.60. The van der Waals surface area contributed by atoms with Crippen molar-refractivity contribution in [1.29, 1.82) is 0 Å². The predicted molar refractivity (Wildman–Crippen MR) is 67.0 cm³/mol. The van der Waals surface area contributed by atoms with E-state index in [4.69, 9.17) is 0 Å². The summed E-state index contributed by atoms with van der Waals surface area (Å²) in [7, 11) is 3.04. The standard InChI is InChI=1S/C10H14N4O3S/c1-13(2)7-5-6-8(18(15,16)14(3)4)10-9(7)11-17-12-10/h5-6H,1-4H3. The van der Waals surface area contributed by atoms with Gasteiger partial charge in [-0.3, -0.25) is 0 Å². The SMILES string of the molecule is CN(C)c1ccc(S(=O)(=O)N(C)C)c2nonc12. The Balaban J connectivity index is 2.77. The summed E-state index contributed by atoms with van der Waals surface area (Å²) in [6.07, 6.45) is 0. The minimum Gasteiger partial charge on any atom is -0.376 e. The van der Waals surface area contributed by atoms with Gasteiger partial charge in [-0.25, -0.2) is 17.4 Å². The number of hydrogen-bond acceptors (Lipinski definition) is 6. The first kappa shape index (κ1) is 12.8. The van der Waals surface area contributed by atoms with E-state index in [0.717, 1.165) is 9.99 Å². The molecule has 0 aliphatic carbocycles. The largest absolute Gasteiger partial charge is 0.376 e. The summed E-state index contributed by atoms with van der Waals surface area (Å²) in [6.45, 7) is 0. The number of nitrogens with zero attached hydrogens (tertiary/aromatic N) is 4. The Morgan fingerprint density at radius 1 is 1.06 bits per heavy atom. The molecule has 2 aromatic rings. The van der Waals surface area contributed by atoms with Crippen LogP contribution in [0.3, 0.4) is 0 Å². The van der Waals surface area contributed by atoms with Gasteiger partial charge in [0.05, 0.1) is 5.69 Å². The van der Waals surface area contributed by atoms with Gasteiger partial charge in [-0.1, -0.05) is 0 Å². The predicted octanol–water partition coefficient (Wildman–Crippen LogP) is 0.539. The van der Waals surface area contributed by atoms with Gasteiger partial charge in [-0.05, 0) is 22.4 Å². The average Bonchev–Trinajstić information content (AvgIpc) is 2.75. The second-order valence-electron chi connectivity index (χ2n) is 4.23. The summed E-state index contributed by atoms with van der Waals surface area (Å²) in [6, 6.07) is 3.19.